The van der Waals surface area contributed by atoms with E-state index in [4.69, 9.17) is 6.58 Å². The van der Waals surface area contributed by atoms with Gasteiger partial charge in [0.25, 0.3) is 0 Å². The summed E-state index contributed by atoms with van der Waals surface area (Å²) in [5.41, 5.74) is 0. The van der Waals surface area contributed by atoms with Crippen molar-refractivity contribution < 1.29 is 42.2 Å². The summed E-state index contributed by atoms with van der Waals surface area (Å²) in [6, 6.07) is 0. The minimum absolute atomic E-state index is 0. The third-order valence-corrected chi connectivity index (χ3v) is 0.304. The Morgan fingerprint density at radius 2 is 1.62 bits per heavy atom. The Balaban J connectivity index is -0.0000000267. The summed E-state index contributed by atoms with van der Waals surface area (Å²) in [6.45, 7) is 6.85. The molecule has 0 spiro atoms. The Hall–Kier alpha value is 0.592. The van der Waals surface area contributed by atoms with Crippen molar-refractivity contribution in [1.29, 1.82) is 0 Å². The van der Waals surface area contributed by atoms with Gasteiger partial charge in [-0.05, 0) is 0 Å². The Morgan fingerprint density at radius 1 is 1.25 bits per heavy atom. The van der Waals surface area contributed by atoms with Crippen LogP contribution in [0.4, 0.5) is 0 Å². The van der Waals surface area contributed by atoms with Crippen LogP contribution in [-0.4, -0.2) is 0 Å². The van der Waals surface area contributed by atoms with Gasteiger partial charge in [0.15, 0.2) is 0 Å². The largest absolute Gasteiger partial charge is 3.00 e. The van der Waals surface area contributed by atoms with Crippen LogP contribution in [0.3, 0.4) is 0 Å². The van der Waals surface area contributed by atoms with Gasteiger partial charge in [0.1, 0.15) is 0 Å². The Labute approximate surface area is 74.0 Å². The first-order chi connectivity index (χ1) is 2.41. The molecule has 1 radical (unpaired) electrons. The summed E-state index contributed by atoms with van der Waals surface area (Å²) >= 11 is 0. The quantitative estimate of drug-likeness (QED) is 0.289. The number of halogens is 2. The predicted octanol–water partition coefficient (Wildman–Crippen LogP) is -4.44. The van der Waals surface area contributed by atoms with Crippen LogP contribution in [0, 0.1) is 6.58 Å². The van der Waals surface area contributed by atoms with E-state index in [1.807, 2.05) is 13.0 Å². The standard InChI is InChI=1S/C5H7.2ClH.Cr/c1-3-5-4-2;;;/h1,3-5H,2H3;2*1H;/q-1;;;+3/p-2. The molecule has 0 aromatic rings. The zero-order valence-electron chi connectivity index (χ0n) is 4.47. The minimum atomic E-state index is 0. The molecule has 0 amide bonds. The minimum Gasteiger partial charge on any atom is -1.00 e. The second-order valence-electron chi connectivity index (χ2n) is 0.718. The molecular weight excluding hydrogens is 183 g/mol. The Bertz CT molecular complexity index is 52.4. The van der Waals surface area contributed by atoms with E-state index < -0.39 is 0 Å². The molecule has 0 aliphatic heterocycles. The third-order valence-electron chi connectivity index (χ3n) is 0.304. The molecule has 0 bridgehead atoms. The topological polar surface area (TPSA) is 0 Å². The Morgan fingerprint density at radius 3 is 1.62 bits per heavy atom. The van der Waals surface area contributed by atoms with Gasteiger partial charge in [-0.3, -0.25) is 6.58 Å². The third kappa shape index (κ3) is 30.7. The fourth-order valence-electron chi connectivity index (χ4n) is 0.111. The van der Waals surface area contributed by atoms with Crippen molar-refractivity contribution in [2.45, 2.75) is 6.92 Å². The van der Waals surface area contributed by atoms with E-state index in [0.29, 0.717) is 0 Å². The van der Waals surface area contributed by atoms with Crippen LogP contribution in [0.5, 0.6) is 0 Å². The molecule has 8 heavy (non-hydrogen) atoms. The number of hydrogen-bond donors (Lipinski definition) is 0. The van der Waals surface area contributed by atoms with Crippen LogP contribution in [0.2, 0.25) is 0 Å². The van der Waals surface area contributed by atoms with Gasteiger partial charge in [-0.1, -0.05) is 6.92 Å². The molecule has 0 heterocycles. The van der Waals surface area contributed by atoms with Gasteiger partial charge in [0, 0.05) is 0 Å². The summed E-state index contributed by atoms with van der Waals surface area (Å²) < 4.78 is 0. The number of rotatable bonds is 1. The van der Waals surface area contributed by atoms with Crippen LogP contribution in [0.1, 0.15) is 6.92 Å². The molecule has 0 saturated heterocycles. The van der Waals surface area contributed by atoms with Crippen LogP contribution in [0.25, 0.3) is 0 Å². The normalized spacial score (nSPS) is 5.62. The number of allylic oxidation sites excluding steroid dienone is 3. The molecule has 0 rings (SSSR count). The van der Waals surface area contributed by atoms with Crippen molar-refractivity contribution in [3.8, 4) is 0 Å². The summed E-state index contributed by atoms with van der Waals surface area (Å²) in [7, 11) is 0. The van der Waals surface area contributed by atoms with Gasteiger partial charge in [-0.2, -0.15) is 6.08 Å². The van der Waals surface area contributed by atoms with E-state index >= 15 is 0 Å². The van der Waals surface area contributed by atoms with Gasteiger partial charge < -0.3 is 24.8 Å². The predicted molar refractivity (Wildman–Crippen MR) is 23.7 cm³/mol. The zero-order chi connectivity index (χ0) is 4.12. The first kappa shape index (κ1) is 23.5. The molecule has 0 unspecified atom stereocenters. The van der Waals surface area contributed by atoms with Crippen molar-refractivity contribution in [2.75, 3.05) is 0 Å². The van der Waals surface area contributed by atoms with E-state index in [1.54, 1.807) is 6.08 Å². The van der Waals surface area contributed by atoms with Gasteiger partial charge in [0.05, 0.1) is 0 Å². The average molecular weight is 190 g/mol. The van der Waals surface area contributed by atoms with E-state index in [2.05, 4.69) is 0 Å². The average Bonchev–Trinajstić information content (AvgIpc) is 1.41. The second-order valence-corrected chi connectivity index (χ2v) is 0.718. The van der Waals surface area contributed by atoms with Gasteiger partial charge in [-0.15, -0.1) is 0 Å². The molecule has 0 aliphatic carbocycles. The van der Waals surface area contributed by atoms with Crippen molar-refractivity contribution in [1.82, 2.24) is 0 Å². The van der Waals surface area contributed by atoms with Crippen LogP contribution in [0.15, 0.2) is 18.2 Å². The molecule has 0 aromatic heterocycles. The van der Waals surface area contributed by atoms with E-state index in [-0.39, 0.29) is 42.2 Å². The maximum atomic E-state index is 4.93. The van der Waals surface area contributed by atoms with Crippen molar-refractivity contribution >= 4 is 0 Å². The van der Waals surface area contributed by atoms with E-state index in [0.717, 1.165) is 0 Å². The van der Waals surface area contributed by atoms with Crippen molar-refractivity contribution in [2.24, 2.45) is 0 Å². The second kappa shape index (κ2) is 25.6. The molecular formula is C5H7Cl2Cr. The summed E-state index contributed by atoms with van der Waals surface area (Å²) in [5.74, 6) is 0. The first-order valence-corrected chi connectivity index (χ1v) is 1.58. The van der Waals surface area contributed by atoms with Gasteiger partial charge in [-0.25, -0.2) is 12.2 Å². The molecule has 3 heteroatoms. The molecule has 0 aliphatic rings. The van der Waals surface area contributed by atoms with Gasteiger partial charge in [0.2, 0.25) is 0 Å². The Kier molecular flexibility index (Phi) is 75.1. The van der Waals surface area contributed by atoms with Gasteiger partial charge >= 0.3 is 17.4 Å². The summed E-state index contributed by atoms with van der Waals surface area (Å²) in [6.07, 6.45) is 5.15. The molecule has 0 N–H and O–H groups in total. The monoisotopic (exact) mass is 189 g/mol. The zero-order valence-corrected chi connectivity index (χ0v) is 7.26. The smallest absolute Gasteiger partial charge is 1.00 e. The van der Waals surface area contributed by atoms with Crippen LogP contribution in [-0.2, 0) is 17.4 Å². The molecule has 0 fully saturated rings. The van der Waals surface area contributed by atoms with Crippen LogP contribution >= 0.6 is 0 Å². The molecule has 0 nitrogen and oxygen atoms in total. The fraction of sp³-hybridized carbons (Fsp3) is 0.200. The summed E-state index contributed by atoms with van der Waals surface area (Å²) in [5, 5.41) is 0. The molecule has 0 atom stereocenters. The van der Waals surface area contributed by atoms with Crippen molar-refractivity contribution in [3.05, 3.63) is 24.8 Å². The summed E-state index contributed by atoms with van der Waals surface area (Å²) in [4.78, 5) is 0. The maximum absolute atomic E-state index is 4.93. The fourth-order valence-corrected chi connectivity index (χ4v) is 0.111. The van der Waals surface area contributed by atoms with Crippen LogP contribution < -0.4 is 24.8 Å². The maximum Gasteiger partial charge on any atom is 3.00 e. The number of hydrogen-bond acceptors (Lipinski definition) is 0. The van der Waals surface area contributed by atoms with E-state index in [9.17, 15) is 0 Å². The molecule has 0 saturated carbocycles. The SMILES string of the molecule is [CH-]=CC=CC.[Cl-].[Cl-].[Cr+3]. The van der Waals surface area contributed by atoms with E-state index in [1.165, 1.54) is 6.08 Å². The van der Waals surface area contributed by atoms with Crippen molar-refractivity contribution in [3.63, 3.8) is 0 Å². The first-order valence-electron chi connectivity index (χ1n) is 1.58. The molecule has 47 valence electrons. The molecule has 0 aromatic carbocycles.